The number of rotatable bonds is 0. The molecule has 0 fully saturated rings. The SMILES string of the molecule is C=CC#CC(C)Cl. The highest BCUT2D eigenvalue weighted by Crippen LogP contribution is 1.87. The quantitative estimate of drug-likeness (QED) is 0.333. The van der Waals surface area contributed by atoms with Crippen molar-refractivity contribution in [2.24, 2.45) is 0 Å². The lowest BCUT2D eigenvalue weighted by molar-refractivity contribution is 1.28. The molecule has 0 saturated carbocycles. The fraction of sp³-hybridized carbons (Fsp3) is 0.333. The molecule has 0 spiro atoms. The summed E-state index contributed by atoms with van der Waals surface area (Å²) in [6.45, 7) is 5.22. The lowest BCUT2D eigenvalue weighted by Crippen LogP contribution is -1.79. The minimum atomic E-state index is -0.0574. The van der Waals surface area contributed by atoms with E-state index in [9.17, 15) is 0 Å². The van der Waals surface area contributed by atoms with Crippen molar-refractivity contribution in [2.75, 3.05) is 0 Å². The van der Waals surface area contributed by atoms with Gasteiger partial charge in [0.15, 0.2) is 0 Å². The van der Waals surface area contributed by atoms with Gasteiger partial charge in [-0.2, -0.15) is 0 Å². The van der Waals surface area contributed by atoms with Gasteiger partial charge in [-0.15, -0.1) is 11.6 Å². The van der Waals surface area contributed by atoms with E-state index >= 15 is 0 Å². The van der Waals surface area contributed by atoms with Gasteiger partial charge in [0.1, 0.15) is 0 Å². The summed E-state index contributed by atoms with van der Waals surface area (Å²) in [6.07, 6.45) is 1.53. The van der Waals surface area contributed by atoms with E-state index in [-0.39, 0.29) is 5.38 Å². The van der Waals surface area contributed by atoms with E-state index in [2.05, 4.69) is 18.4 Å². The summed E-state index contributed by atoms with van der Waals surface area (Å²) in [5.41, 5.74) is 0. The zero-order valence-electron chi connectivity index (χ0n) is 4.24. The first-order valence-corrected chi connectivity index (χ1v) is 2.47. The molecular formula is C6H7Cl. The van der Waals surface area contributed by atoms with Gasteiger partial charge in [-0.05, 0) is 13.0 Å². The molecule has 0 amide bonds. The van der Waals surface area contributed by atoms with Gasteiger partial charge >= 0.3 is 0 Å². The predicted molar refractivity (Wildman–Crippen MR) is 33.3 cm³/mol. The summed E-state index contributed by atoms with van der Waals surface area (Å²) in [6, 6.07) is 0. The maximum Gasteiger partial charge on any atom is 0.0918 e. The molecule has 0 rings (SSSR count). The molecule has 38 valence electrons. The van der Waals surface area contributed by atoms with Crippen molar-refractivity contribution in [2.45, 2.75) is 12.3 Å². The average Bonchev–Trinajstić information content (AvgIpc) is 1.61. The van der Waals surface area contributed by atoms with Gasteiger partial charge in [0.2, 0.25) is 0 Å². The van der Waals surface area contributed by atoms with Crippen molar-refractivity contribution >= 4 is 11.6 Å². The second-order valence-corrected chi connectivity index (χ2v) is 1.76. The van der Waals surface area contributed by atoms with Crippen molar-refractivity contribution in [3.63, 3.8) is 0 Å². The Morgan fingerprint density at radius 2 is 2.43 bits per heavy atom. The van der Waals surface area contributed by atoms with Crippen LogP contribution < -0.4 is 0 Å². The van der Waals surface area contributed by atoms with E-state index in [1.165, 1.54) is 6.08 Å². The molecule has 0 aliphatic heterocycles. The highest BCUT2D eigenvalue weighted by atomic mass is 35.5. The molecule has 7 heavy (non-hydrogen) atoms. The van der Waals surface area contributed by atoms with Gasteiger partial charge < -0.3 is 0 Å². The van der Waals surface area contributed by atoms with Crippen LogP contribution in [0.5, 0.6) is 0 Å². The molecule has 0 saturated heterocycles. The minimum absolute atomic E-state index is 0.0574. The van der Waals surface area contributed by atoms with Crippen LogP contribution in [-0.2, 0) is 0 Å². The Labute approximate surface area is 49.2 Å². The lowest BCUT2D eigenvalue weighted by Gasteiger charge is -1.79. The molecule has 1 atom stereocenters. The topological polar surface area (TPSA) is 0 Å². The first kappa shape index (κ1) is 6.59. The predicted octanol–water partition coefficient (Wildman–Crippen LogP) is 1.80. The van der Waals surface area contributed by atoms with Crippen molar-refractivity contribution in [3.8, 4) is 11.8 Å². The third kappa shape index (κ3) is 5.59. The van der Waals surface area contributed by atoms with Gasteiger partial charge in [-0.1, -0.05) is 18.4 Å². The third-order valence-corrected chi connectivity index (χ3v) is 0.493. The summed E-state index contributed by atoms with van der Waals surface area (Å²) in [5.74, 6) is 5.32. The Morgan fingerprint density at radius 3 is 2.57 bits per heavy atom. The van der Waals surface area contributed by atoms with Crippen LogP contribution in [0.15, 0.2) is 12.7 Å². The highest BCUT2D eigenvalue weighted by molar-refractivity contribution is 6.22. The number of allylic oxidation sites excluding steroid dienone is 1. The number of halogens is 1. The summed E-state index contributed by atoms with van der Waals surface area (Å²) < 4.78 is 0. The van der Waals surface area contributed by atoms with Gasteiger partial charge in [0, 0.05) is 0 Å². The molecule has 0 aromatic carbocycles. The fourth-order valence-corrected chi connectivity index (χ4v) is 0.237. The first-order chi connectivity index (χ1) is 3.27. The van der Waals surface area contributed by atoms with E-state index in [1.807, 2.05) is 6.92 Å². The maximum atomic E-state index is 5.44. The molecular weight excluding hydrogens is 108 g/mol. The zero-order chi connectivity index (χ0) is 5.70. The maximum absolute atomic E-state index is 5.44. The highest BCUT2D eigenvalue weighted by Gasteiger charge is 1.79. The van der Waals surface area contributed by atoms with Crippen molar-refractivity contribution in [1.82, 2.24) is 0 Å². The number of alkyl halides is 1. The summed E-state index contributed by atoms with van der Waals surface area (Å²) in [7, 11) is 0. The molecule has 0 aliphatic rings. The van der Waals surface area contributed by atoms with Gasteiger partial charge in [0.25, 0.3) is 0 Å². The van der Waals surface area contributed by atoms with E-state index in [4.69, 9.17) is 11.6 Å². The fourth-order valence-electron chi connectivity index (χ4n) is 0.174. The minimum Gasteiger partial charge on any atom is -0.109 e. The molecule has 0 bridgehead atoms. The molecule has 1 heteroatoms. The Bertz CT molecular complexity index is 103. The largest absolute Gasteiger partial charge is 0.109 e. The van der Waals surface area contributed by atoms with Gasteiger partial charge in [0.05, 0.1) is 5.38 Å². The molecule has 0 heterocycles. The summed E-state index contributed by atoms with van der Waals surface area (Å²) >= 11 is 5.44. The van der Waals surface area contributed by atoms with Crippen LogP contribution in [0.25, 0.3) is 0 Å². The van der Waals surface area contributed by atoms with Crippen molar-refractivity contribution < 1.29 is 0 Å². The monoisotopic (exact) mass is 114 g/mol. The third-order valence-electron chi connectivity index (χ3n) is 0.384. The standard InChI is InChI=1S/C6H7Cl/c1-3-4-5-6(2)7/h3,6H,1H2,2H3. The smallest absolute Gasteiger partial charge is 0.0918 e. The Hall–Kier alpha value is -0.410. The Kier molecular flexibility index (Phi) is 3.55. The van der Waals surface area contributed by atoms with Crippen LogP contribution in [0, 0.1) is 11.8 Å². The number of hydrogen-bond acceptors (Lipinski definition) is 0. The Morgan fingerprint density at radius 1 is 1.86 bits per heavy atom. The molecule has 0 nitrogen and oxygen atoms in total. The van der Waals surface area contributed by atoms with E-state index in [0.29, 0.717) is 0 Å². The van der Waals surface area contributed by atoms with Crippen LogP contribution in [0.4, 0.5) is 0 Å². The molecule has 0 radical (unpaired) electrons. The zero-order valence-corrected chi connectivity index (χ0v) is 5.00. The van der Waals surface area contributed by atoms with E-state index in [0.717, 1.165) is 0 Å². The second-order valence-electron chi connectivity index (χ2n) is 1.11. The van der Waals surface area contributed by atoms with E-state index < -0.39 is 0 Å². The van der Waals surface area contributed by atoms with Crippen LogP contribution in [0.3, 0.4) is 0 Å². The summed E-state index contributed by atoms with van der Waals surface area (Å²) in [5, 5.41) is -0.0574. The van der Waals surface area contributed by atoms with Crippen LogP contribution >= 0.6 is 11.6 Å². The van der Waals surface area contributed by atoms with Crippen molar-refractivity contribution in [3.05, 3.63) is 12.7 Å². The van der Waals surface area contributed by atoms with Crippen molar-refractivity contribution in [1.29, 1.82) is 0 Å². The molecule has 0 N–H and O–H groups in total. The van der Waals surface area contributed by atoms with Crippen LogP contribution in [0.2, 0.25) is 0 Å². The second kappa shape index (κ2) is 3.77. The molecule has 0 aliphatic carbocycles. The van der Waals surface area contributed by atoms with Gasteiger partial charge in [-0.3, -0.25) is 0 Å². The first-order valence-electron chi connectivity index (χ1n) is 2.03. The summed E-state index contributed by atoms with van der Waals surface area (Å²) in [4.78, 5) is 0. The molecule has 0 aromatic heterocycles. The number of hydrogen-bond donors (Lipinski definition) is 0. The van der Waals surface area contributed by atoms with Crippen LogP contribution in [-0.4, -0.2) is 5.38 Å². The van der Waals surface area contributed by atoms with Crippen LogP contribution in [0.1, 0.15) is 6.92 Å². The Balaban J connectivity index is 3.43. The average molecular weight is 115 g/mol. The normalized spacial score (nSPS) is 11.1. The molecule has 1 unspecified atom stereocenters. The van der Waals surface area contributed by atoms with E-state index in [1.54, 1.807) is 0 Å². The molecule has 0 aromatic rings. The lowest BCUT2D eigenvalue weighted by atomic mass is 10.4. The van der Waals surface area contributed by atoms with Gasteiger partial charge in [-0.25, -0.2) is 0 Å².